The monoisotopic (exact) mass is 467 g/mol. The molecular weight excluding hydrogens is 450 g/mol. The Labute approximate surface area is 180 Å². The number of carbonyl (C=O) groups is 2. The third kappa shape index (κ3) is 2.40. The van der Waals surface area contributed by atoms with Crippen LogP contribution in [0.4, 0.5) is 5.69 Å². The summed E-state index contributed by atoms with van der Waals surface area (Å²) >= 11 is 3.53. The molecule has 1 spiro atoms. The van der Waals surface area contributed by atoms with E-state index >= 15 is 0 Å². The van der Waals surface area contributed by atoms with E-state index in [1.807, 2.05) is 30.3 Å². The molecule has 3 aromatic rings. The van der Waals surface area contributed by atoms with Crippen molar-refractivity contribution in [2.75, 3.05) is 24.8 Å². The number of H-pyrrole nitrogens is 1. The number of amides is 2. The van der Waals surface area contributed by atoms with Crippen molar-refractivity contribution in [1.82, 2.24) is 10.3 Å². The van der Waals surface area contributed by atoms with E-state index in [2.05, 4.69) is 26.2 Å². The van der Waals surface area contributed by atoms with E-state index in [1.165, 1.54) is 4.90 Å². The summed E-state index contributed by atoms with van der Waals surface area (Å²) in [6, 6.07) is 11.1. The topological polar surface area (TPSA) is 83.7 Å². The summed E-state index contributed by atoms with van der Waals surface area (Å²) < 4.78 is 11.8. The summed E-state index contributed by atoms with van der Waals surface area (Å²) in [6.45, 7) is 1.69. The van der Waals surface area contributed by atoms with Crippen LogP contribution < -0.4 is 19.7 Å². The molecule has 3 aliphatic rings. The Bertz CT molecular complexity index is 1190. The van der Waals surface area contributed by atoms with Gasteiger partial charge < -0.3 is 19.8 Å². The predicted octanol–water partition coefficient (Wildman–Crippen LogP) is 3.47. The highest BCUT2D eigenvalue weighted by Crippen LogP contribution is 2.48. The Morgan fingerprint density at radius 1 is 1.07 bits per heavy atom. The van der Waals surface area contributed by atoms with Crippen molar-refractivity contribution in [3.8, 4) is 11.5 Å². The van der Waals surface area contributed by atoms with Gasteiger partial charge in [0.1, 0.15) is 5.69 Å². The van der Waals surface area contributed by atoms with Crippen molar-refractivity contribution in [1.29, 1.82) is 0 Å². The number of benzene rings is 2. The van der Waals surface area contributed by atoms with Crippen LogP contribution in [0, 0.1) is 0 Å². The Hall–Kier alpha value is -2.84. The van der Waals surface area contributed by atoms with Crippen LogP contribution in [0.3, 0.4) is 0 Å². The lowest BCUT2D eigenvalue weighted by Gasteiger charge is -2.32. The molecular formula is C22H18BrN3O4. The number of imide groups is 1. The molecule has 2 N–H and O–H groups in total. The molecule has 152 valence electrons. The van der Waals surface area contributed by atoms with E-state index in [1.54, 1.807) is 6.07 Å². The summed E-state index contributed by atoms with van der Waals surface area (Å²) in [6.07, 6.45) is 1.35. The Morgan fingerprint density at radius 3 is 2.63 bits per heavy atom. The van der Waals surface area contributed by atoms with Crippen molar-refractivity contribution >= 4 is 44.3 Å². The minimum atomic E-state index is -0.658. The molecule has 0 bridgehead atoms. The quantitative estimate of drug-likeness (QED) is 0.535. The SMILES string of the molecule is O=C(c1cc2cc3c(cc2[nH]1)OCO3)N1C(=O)C2(CCNCC2)c2cc(Br)ccc21. The van der Waals surface area contributed by atoms with Crippen LogP contribution in [0.15, 0.2) is 40.9 Å². The van der Waals surface area contributed by atoms with Gasteiger partial charge in [-0.3, -0.25) is 9.59 Å². The first-order valence-electron chi connectivity index (χ1n) is 9.89. The van der Waals surface area contributed by atoms with Crippen molar-refractivity contribution in [2.45, 2.75) is 18.3 Å². The Balaban J connectivity index is 1.45. The normalized spacial score (nSPS) is 19.0. The number of aromatic nitrogens is 1. The van der Waals surface area contributed by atoms with Gasteiger partial charge in [0.25, 0.3) is 5.91 Å². The highest BCUT2D eigenvalue weighted by atomic mass is 79.9. The molecule has 1 fully saturated rings. The third-order valence-electron chi connectivity index (χ3n) is 6.33. The number of anilines is 1. The van der Waals surface area contributed by atoms with Gasteiger partial charge in [0, 0.05) is 21.4 Å². The van der Waals surface area contributed by atoms with Gasteiger partial charge in [-0.05, 0) is 61.8 Å². The number of piperidine rings is 1. The lowest BCUT2D eigenvalue weighted by atomic mass is 9.74. The zero-order valence-electron chi connectivity index (χ0n) is 16.0. The first-order valence-corrected chi connectivity index (χ1v) is 10.7. The number of nitrogens with one attached hydrogen (secondary N) is 2. The van der Waals surface area contributed by atoms with E-state index in [0.717, 1.165) is 34.0 Å². The number of hydrogen-bond donors (Lipinski definition) is 2. The lowest BCUT2D eigenvalue weighted by Crippen LogP contribution is -2.48. The second-order valence-electron chi connectivity index (χ2n) is 7.92. The van der Waals surface area contributed by atoms with Crippen LogP contribution in [-0.2, 0) is 10.2 Å². The molecule has 8 heteroatoms. The van der Waals surface area contributed by atoms with E-state index in [4.69, 9.17) is 9.47 Å². The number of rotatable bonds is 1. The number of halogens is 1. The van der Waals surface area contributed by atoms with Crippen molar-refractivity contribution in [3.05, 3.63) is 52.1 Å². The Kier molecular flexibility index (Phi) is 3.79. The summed E-state index contributed by atoms with van der Waals surface area (Å²) in [5.74, 6) is 0.804. The standard InChI is InChI=1S/C22H18BrN3O4/c23-13-1-2-17-14(9-13)22(3-5-24-6-4-22)21(28)26(17)20(27)16-7-12-8-18-19(30-11-29-18)10-15(12)25-16/h1-2,7-10,24-25H,3-6,11H2. The molecule has 0 unspecified atom stereocenters. The number of hydrogen-bond acceptors (Lipinski definition) is 5. The van der Waals surface area contributed by atoms with Gasteiger partial charge in [0.15, 0.2) is 11.5 Å². The Morgan fingerprint density at radius 2 is 1.83 bits per heavy atom. The second-order valence-corrected chi connectivity index (χ2v) is 8.83. The highest BCUT2D eigenvalue weighted by Gasteiger charge is 2.53. The van der Waals surface area contributed by atoms with Crippen LogP contribution >= 0.6 is 15.9 Å². The summed E-state index contributed by atoms with van der Waals surface area (Å²) in [5.41, 5.74) is 2.06. The molecule has 2 aromatic carbocycles. The van der Waals surface area contributed by atoms with Gasteiger partial charge in [-0.1, -0.05) is 15.9 Å². The largest absolute Gasteiger partial charge is 0.454 e. The fourth-order valence-corrected chi connectivity index (χ4v) is 5.18. The van der Waals surface area contributed by atoms with Crippen LogP contribution in [0.25, 0.3) is 10.9 Å². The van der Waals surface area contributed by atoms with Crippen LogP contribution in [0.1, 0.15) is 28.9 Å². The third-order valence-corrected chi connectivity index (χ3v) is 6.83. The molecule has 1 saturated heterocycles. The maximum absolute atomic E-state index is 13.7. The fraction of sp³-hybridized carbons (Fsp3) is 0.273. The predicted molar refractivity (Wildman–Crippen MR) is 114 cm³/mol. The van der Waals surface area contributed by atoms with Crippen molar-refractivity contribution in [3.63, 3.8) is 0 Å². The maximum atomic E-state index is 13.7. The average molecular weight is 468 g/mol. The van der Waals surface area contributed by atoms with Crippen LogP contribution in [0.2, 0.25) is 0 Å². The summed E-state index contributed by atoms with van der Waals surface area (Å²) in [5, 5.41) is 4.15. The number of fused-ring (bicyclic) bond motifs is 4. The van der Waals surface area contributed by atoms with Gasteiger partial charge >= 0.3 is 0 Å². The van der Waals surface area contributed by atoms with Gasteiger partial charge in [0.05, 0.1) is 11.1 Å². The number of carbonyl (C=O) groups excluding carboxylic acids is 2. The summed E-state index contributed by atoms with van der Waals surface area (Å²) in [4.78, 5) is 31.7. The van der Waals surface area contributed by atoms with E-state index in [0.29, 0.717) is 35.7 Å². The molecule has 0 saturated carbocycles. The number of ether oxygens (including phenoxy) is 2. The van der Waals surface area contributed by atoms with E-state index < -0.39 is 5.41 Å². The molecule has 0 atom stereocenters. The molecule has 7 nitrogen and oxygen atoms in total. The van der Waals surface area contributed by atoms with Gasteiger partial charge in [-0.2, -0.15) is 0 Å². The first kappa shape index (κ1) is 18.0. The van der Waals surface area contributed by atoms with Crippen molar-refractivity contribution < 1.29 is 19.1 Å². The minimum Gasteiger partial charge on any atom is -0.454 e. The molecule has 0 radical (unpaired) electrons. The molecule has 2 amide bonds. The van der Waals surface area contributed by atoms with Gasteiger partial charge in [0.2, 0.25) is 12.7 Å². The number of nitrogens with zero attached hydrogens (tertiary/aromatic N) is 1. The maximum Gasteiger partial charge on any atom is 0.281 e. The average Bonchev–Trinajstić information content (AvgIpc) is 3.43. The van der Waals surface area contributed by atoms with E-state index in [-0.39, 0.29) is 18.6 Å². The number of aromatic amines is 1. The van der Waals surface area contributed by atoms with Gasteiger partial charge in [-0.25, -0.2) is 4.90 Å². The highest BCUT2D eigenvalue weighted by molar-refractivity contribution is 9.10. The molecule has 0 aliphatic carbocycles. The van der Waals surface area contributed by atoms with E-state index in [9.17, 15) is 9.59 Å². The minimum absolute atomic E-state index is 0.144. The smallest absolute Gasteiger partial charge is 0.281 e. The summed E-state index contributed by atoms with van der Waals surface area (Å²) in [7, 11) is 0. The zero-order chi connectivity index (χ0) is 20.5. The second kappa shape index (κ2) is 6.33. The molecule has 3 aliphatic heterocycles. The molecule has 30 heavy (non-hydrogen) atoms. The fourth-order valence-electron chi connectivity index (χ4n) is 4.82. The van der Waals surface area contributed by atoms with Crippen LogP contribution in [0.5, 0.6) is 11.5 Å². The first-order chi connectivity index (χ1) is 14.6. The van der Waals surface area contributed by atoms with Crippen molar-refractivity contribution in [2.24, 2.45) is 0 Å². The molecule has 1 aromatic heterocycles. The molecule has 4 heterocycles. The molecule has 6 rings (SSSR count). The zero-order valence-corrected chi connectivity index (χ0v) is 17.5. The van der Waals surface area contributed by atoms with Crippen LogP contribution in [-0.4, -0.2) is 36.7 Å². The van der Waals surface area contributed by atoms with Gasteiger partial charge in [-0.15, -0.1) is 0 Å². The lowest BCUT2D eigenvalue weighted by molar-refractivity contribution is -0.123.